The second-order valence-corrected chi connectivity index (χ2v) is 8.58. The molecule has 0 radical (unpaired) electrons. The maximum absolute atomic E-state index is 12.7. The van der Waals surface area contributed by atoms with Crippen molar-refractivity contribution in [1.82, 2.24) is 0 Å². The zero-order valence-corrected chi connectivity index (χ0v) is 18.8. The van der Waals surface area contributed by atoms with Gasteiger partial charge in [-0.25, -0.2) is 0 Å². The van der Waals surface area contributed by atoms with Gasteiger partial charge in [0, 0.05) is 17.8 Å². The average Bonchev–Trinajstić information content (AvgIpc) is 3.21. The van der Waals surface area contributed by atoms with Gasteiger partial charge in [0.05, 0.1) is 12.4 Å². The van der Waals surface area contributed by atoms with Gasteiger partial charge < -0.3 is 10.1 Å². The average molecular weight is 447 g/mol. The highest BCUT2D eigenvalue weighted by Crippen LogP contribution is 2.42. The number of aryl methyl sites for hydroxylation is 1. The van der Waals surface area contributed by atoms with E-state index in [9.17, 15) is 9.59 Å². The first kappa shape index (κ1) is 22.0. The summed E-state index contributed by atoms with van der Waals surface area (Å²) in [6, 6.07) is 25.3. The van der Waals surface area contributed by atoms with E-state index in [-0.39, 0.29) is 17.2 Å². The fraction of sp³-hybridized carbons (Fsp3) is 0.231. The maximum Gasteiger partial charge on any atom is 0.238 e. The van der Waals surface area contributed by atoms with E-state index >= 15 is 0 Å². The standard InChI is InChI=1S/C26H26N2O3S/c1-2-31-23-14-12-22(13-15-23)28-25(30)18-32-26(28)20-9-6-10-21(17-20)27-24(29)16-11-19-7-4-3-5-8-19/h3-10,12-15,17,26H,2,11,16,18H2,1H3,(H,27,29). The van der Waals surface area contributed by atoms with Crippen LogP contribution in [0, 0.1) is 0 Å². The molecule has 0 aliphatic carbocycles. The zero-order valence-electron chi connectivity index (χ0n) is 18.0. The van der Waals surface area contributed by atoms with E-state index in [0.717, 1.165) is 28.3 Å². The molecule has 1 heterocycles. The lowest BCUT2D eigenvalue weighted by Crippen LogP contribution is -2.27. The summed E-state index contributed by atoms with van der Waals surface area (Å²) in [7, 11) is 0. The van der Waals surface area contributed by atoms with Crippen molar-refractivity contribution in [2.75, 3.05) is 22.6 Å². The number of anilines is 2. The minimum absolute atomic E-state index is 0.0236. The summed E-state index contributed by atoms with van der Waals surface area (Å²) in [6.45, 7) is 2.54. The molecule has 1 fully saturated rings. The molecule has 3 aromatic carbocycles. The molecular formula is C26H26N2O3S. The van der Waals surface area contributed by atoms with Crippen LogP contribution in [0.3, 0.4) is 0 Å². The van der Waals surface area contributed by atoms with Crippen molar-refractivity contribution in [3.8, 4) is 5.75 Å². The first-order valence-electron chi connectivity index (χ1n) is 10.7. The largest absolute Gasteiger partial charge is 0.494 e. The number of ether oxygens (including phenoxy) is 1. The number of hydrogen-bond acceptors (Lipinski definition) is 4. The lowest BCUT2D eigenvalue weighted by molar-refractivity contribution is -0.116. The summed E-state index contributed by atoms with van der Waals surface area (Å²) in [6.07, 6.45) is 1.12. The summed E-state index contributed by atoms with van der Waals surface area (Å²) in [5.41, 5.74) is 3.71. The molecule has 0 bridgehead atoms. The molecule has 1 saturated heterocycles. The monoisotopic (exact) mass is 446 g/mol. The van der Waals surface area contributed by atoms with Crippen LogP contribution in [0.2, 0.25) is 0 Å². The van der Waals surface area contributed by atoms with Crippen molar-refractivity contribution in [2.45, 2.75) is 25.1 Å². The molecule has 2 amide bonds. The second kappa shape index (κ2) is 10.4. The van der Waals surface area contributed by atoms with Gasteiger partial charge >= 0.3 is 0 Å². The van der Waals surface area contributed by atoms with Crippen molar-refractivity contribution in [3.63, 3.8) is 0 Å². The SMILES string of the molecule is CCOc1ccc(N2C(=O)CSC2c2cccc(NC(=O)CCc3ccccc3)c2)cc1. The molecule has 1 atom stereocenters. The van der Waals surface area contributed by atoms with E-state index in [1.807, 2.05) is 90.7 Å². The molecule has 164 valence electrons. The normalized spacial score (nSPS) is 15.6. The predicted octanol–water partition coefficient (Wildman–Crippen LogP) is 5.44. The van der Waals surface area contributed by atoms with Gasteiger partial charge in [-0.1, -0.05) is 42.5 Å². The number of nitrogens with zero attached hydrogens (tertiary/aromatic N) is 1. The summed E-state index contributed by atoms with van der Waals surface area (Å²) in [5, 5.41) is 2.86. The molecule has 0 aromatic heterocycles. The van der Waals surface area contributed by atoms with Crippen molar-refractivity contribution in [1.29, 1.82) is 0 Å². The molecule has 1 unspecified atom stereocenters. The fourth-order valence-electron chi connectivity index (χ4n) is 3.72. The van der Waals surface area contributed by atoms with Gasteiger partial charge in [-0.05, 0) is 60.9 Å². The van der Waals surface area contributed by atoms with Gasteiger partial charge in [0.2, 0.25) is 11.8 Å². The van der Waals surface area contributed by atoms with E-state index < -0.39 is 0 Å². The minimum Gasteiger partial charge on any atom is -0.494 e. The molecular weight excluding hydrogens is 420 g/mol. The van der Waals surface area contributed by atoms with Crippen LogP contribution in [0.4, 0.5) is 11.4 Å². The molecule has 1 N–H and O–H groups in total. The van der Waals surface area contributed by atoms with Crippen molar-refractivity contribution in [2.24, 2.45) is 0 Å². The molecule has 5 nitrogen and oxygen atoms in total. The van der Waals surface area contributed by atoms with Crippen LogP contribution < -0.4 is 15.0 Å². The summed E-state index contributed by atoms with van der Waals surface area (Å²) >= 11 is 1.59. The number of carbonyl (C=O) groups is 2. The minimum atomic E-state index is -0.137. The van der Waals surface area contributed by atoms with E-state index in [1.54, 1.807) is 11.8 Å². The number of rotatable bonds is 8. The number of nitrogens with one attached hydrogen (secondary N) is 1. The van der Waals surface area contributed by atoms with Gasteiger partial charge in [-0.15, -0.1) is 11.8 Å². The summed E-state index contributed by atoms with van der Waals surface area (Å²) in [5.74, 6) is 1.25. The van der Waals surface area contributed by atoms with Gasteiger partial charge in [0.25, 0.3) is 0 Å². The van der Waals surface area contributed by atoms with Gasteiger partial charge in [0.15, 0.2) is 0 Å². The Morgan fingerprint density at radius 2 is 1.84 bits per heavy atom. The quantitative estimate of drug-likeness (QED) is 0.501. The molecule has 4 rings (SSSR count). The number of carbonyl (C=O) groups excluding carboxylic acids is 2. The first-order chi connectivity index (χ1) is 15.6. The van der Waals surface area contributed by atoms with Crippen molar-refractivity contribution in [3.05, 3.63) is 90.0 Å². The highest BCUT2D eigenvalue weighted by Gasteiger charge is 2.34. The molecule has 1 aliphatic heterocycles. The zero-order chi connectivity index (χ0) is 22.3. The van der Waals surface area contributed by atoms with E-state index in [1.165, 1.54) is 0 Å². The van der Waals surface area contributed by atoms with Crippen LogP contribution in [-0.2, 0) is 16.0 Å². The Kier molecular flexibility index (Phi) is 7.12. The molecule has 1 aliphatic rings. The molecule has 6 heteroatoms. The smallest absolute Gasteiger partial charge is 0.238 e. The molecule has 3 aromatic rings. The molecule has 0 saturated carbocycles. The third-order valence-electron chi connectivity index (χ3n) is 5.23. The van der Waals surface area contributed by atoms with Crippen LogP contribution in [0.25, 0.3) is 0 Å². The molecule has 0 spiro atoms. The van der Waals surface area contributed by atoms with E-state index in [2.05, 4.69) is 5.32 Å². The van der Waals surface area contributed by atoms with E-state index in [0.29, 0.717) is 25.2 Å². The van der Waals surface area contributed by atoms with Crippen molar-refractivity contribution >= 4 is 35.0 Å². The number of hydrogen-bond donors (Lipinski definition) is 1. The van der Waals surface area contributed by atoms with Crippen LogP contribution in [0.5, 0.6) is 5.75 Å². The van der Waals surface area contributed by atoms with Crippen molar-refractivity contribution < 1.29 is 14.3 Å². The third kappa shape index (κ3) is 5.32. The lowest BCUT2D eigenvalue weighted by atomic mass is 10.1. The van der Waals surface area contributed by atoms with Crippen LogP contribution in [-0.4, -0.2) is 24.2 Å². The third-order valence-corrected chi connectivity index (χ3v) is 6.45. The van der Waals surface area contributed by atoms with Gasteiger partial charge in [-0.2, -0.15) is 0 Å². The first-order valence-corrected chi connectivity index (χ1v) is 11.8. The van der Waals surface area contributed by atoms with E-state index in [4.69, 9.17) is 4.74 Å². The molecule has 32 heavy (non-hydrogen) atoms. The van der Waals surface area contributed by atoms with Gasteiger partial charge in [0.1, 0.15) is 11.1 Å². The fourth-order valence-corrected chi connectivity index (χ4v) is 4.88. The Hall–Kier alpha value is -3.25. The van der Waals surface area contributed by atoms with Gasteiger partial charge in [-0.3, -0.25) is 14.5 Å². The lowest BCUT2D eigenvalue weighted by Gasteiger charge is -2.25. The Morgan fingerprint density at radius 3 is 2.59 bits per heavy atom. The number of thioether (sulfide) groups is 1. The summed E-state index contributed by atoms with van der Waals surface area (Å²) < 4.78 is 5.51. The Morgan fingerprint density at radius 1 is 1.06 bits per heavy atom. The summed E-state index contributed by atoms with van der Waals surface area (Å²) in [4.78, 5) is 26.9. The Balaban J connectivity index is 1.45. The second-order valence-electron chi connectivity index (χ2n) is 7.51. The number of amides is 2. The Labute approximate surface area is 192 Å². The highest BCUT2D eigenvalue weighted by atomic mass is 32.2. The van der Waals surface area contributed by atoms with Crippen LogP contribution in [0.1, 0.15) is 29.8 Å². The number of benzene rings is 3. The highest BCUT2D eigenvalue weighted by molar-refractivity contribution is 8.00. The maximum atomic E-state index is 12.7. The Bertz CT molecular complexity index is 1070. The van der Waals surface area contributed by atoms with Crippen LogP contribution in [0.15, 0.2) is 78.9 Å². The topological polar surface area (TPSA) is 58.6 Å². The predicted molar refractivity (Wildman–Crippen MR) is 130 cm³/mol. The van der Waals surface area contributed by atoms with Crippen LogP contribution >= 0.6 is 11.8 Å².